The molecule has 0 fully saturated rings. The fourth-order valence-electron chi connectivity index (χ4n) is 2.20. The van der Waals surface area contributed by atoms with Gasteiger partial charge in [0.15, 0.2) is 0 Å². The highest BCUT2D eigenvalue weighted by Crippen LogP contribution is 2.40. The Kier molecular flexibility index (Phi) is 4.19. The molecule has 26 heavy (non-hydrogen) atoms. The molecule has 2 heterocycles. The molecule has 12 heteroatoms. The number of nitrogens with zero attached hydrogens (tertiary/aromatic N) is 3. The first kappa shape index (κ1) is 18.2. The number of non-ortho nitro benzene ring substituents is 1. The molecule has 0 unspecified atom stereocenters. The molecule has 0 bridgehead atoms. The maximum atomic E-state index is 13.3. The zero-order valence-electron chi connectivity index (χ0n) is 12.8. The summed E-state index contributed by atoms with van der Waals surface area (Å²) in [5.74, 6) is 0. The lowest BCUT2D eigenvalue weighted by atomic mass is 10.1. The average Bonchev–Trinajstić information content (AvgIpc) is 2.95. The summed E-state index contributed by atoms with van der Waals surface area (Å²) in [4.78, 5) is 17.1. The highest BCUT2D eigenvalue weighted by molar-refractivity contribution is 7.90. The second-order valence-electron chi connectivity index (χ2n) is 5.27. The molecule has 0 aliphatic carbocycles. The van der Waals surface area contributed by atoms with E-state index in [2.05, 4.69) is 9.97 Å². The first-order valence-electron chi connectivity index (χ1n) is 6.79. The Morgan fingerprint density at radius 2 is 1.92 bits per heavy atom. The van der Waals surface area contributed by atoms with E-state index in [0.29, 0.717) is 16.3 Å². The first-order chi connectivity index (χ1) is 12.0. The lowest BCUT2D eigenvalue weighted by molar-refractivity contribution is -0.384. The van der Waals surface area contributed by atoms with Gasteiger partial charge in [-0.15, -0.1) is 11.3 Å². The van der Waals surface area contributed by atoms with Crippen LogP contribution in [0.5, 0.6) is 0 Å². The van der Waals surface area contributed by atoms with E-state index in [-0.39, 0.29) is 10.6 Å². The van der Waals surface area contributed by atoms with Crippen LogP contribution in [0.15, 0.2) is 35.6 Å². The summed E-state index contributed by atoms with van der Waals surface area (Å²) in [5, 5.41) is 10.5. The minimum absolute atomic E-state index is 0.0279. The molecule has 0 spiro atoms. The van der Waals surface area contributed by atoms with Gasteiger partial charge in [0.05, 0.1) is 15.5 Å². The number of rotatable bonds is 3. The Balaban J connectivity index is 2.27. The molecule has 0 aliphatic rings. The van der Waals surface area contributed by atoms with Crippen LogP contribution < -0.4 is 0 Å². The molecule has 0 amide bonds. The molecule has 1 aromatic carbocycles. The third-order valence-electron chi connectivity index (χ3n) is 3.35. The number of thiophene rings is 1. The molecule has 2 aromatic heterocycles. The summed E-state index contributed by atoms with van der Waals surface area (Å²) in [5.41, 5.74) is -1.99. The molecule has 3 rings (SSSR count). The molecule has 0 N–H and O–H groups in total. The Bertz CT molecular complexity index is 1140. The predicted octanol–water partition coefficient (Wildman–Crippen LogP) is 3.69. The summed E-state index contributed by atoms with van der Waals surface area (Å²) in [7, 11) is -3.92. The summed E-state index contributed by atoms with van der Waals surface area (Å²) < 4.78 is 63.5. The van der Waals surface area contributed by atoms with Gasteiger partial charge in [0.2, 0.25) is 15.0 Å². The van der Waals surface area contributed by atoms with Crippen LogP contribution in [-0.4, -0.2) is 29.6 Å². The van der Waals surface area contributed by atoms with E-state index in [1.807, 2.05) is 0 Å². The maximum Gasteiger partial charge on any atom is 0.420 e. The zero-order valence-corrected chi connectivity index (χ0v) is 14.4. The van der Waals surface area contributed by atoms with Gasteiger partial charge in [0.25, 0.3) is 5.69 Å². The number of aromatic nitrogens is 2. The van der Waals surface area contributed by atoms with Crippen molar-refractivity contribution in [1.29, 1.82) is 0 Å². The van der Waals surface area contributed by atoms with Crippen LogP contribution in [0.3, 0.4) is 0 Å². The number of nitro groups is 1. The second kappa shape index (κ2) is 5.99. The Labute approximate surface area is 148 Å². The number of fused-ring (bicyclic) bond motifs is 1. The van der Waals surface area contributed by atoms with Gasteiger partial charge < -0.3 is 0 Å². The molecule has 0 aliphatic heterocycles. The Morgan fingerprint density at radius 1 is 1.23 bits per heavy atom. The largest absolute Gasteiger partial charge is 0.420 e. The fourth-order valence-corrected chi connectivity index (χ4v) is 3.75. The molecule has 3 aromatic rings. The van der Waals surface area contributed by atoms with Gasteiger partial charge in [-0.25, -0.2) is 18.4 Å². The van der Waals surface area contributed by atoms with Crippen LogP contribution in [0.1, 0.15) is 5.56 Å². The van der Waals surface area contributed by atoms with Gasteiger partial charge in [0, 0.05) is 29.3 Å². The molecular formula is C14H8F3N3O4S2. The van der Waals surface area contributed by atoms with Crippen LogP contribution in [0.2, 0.25) is 0 Å². The topological polar surface area (TPSA) is 103 Å². The quantitative estimate of drug-likeness (QED) is 0.375. The van der Waals surface area contributed by atoms with Gasteiger partial charge >= 0.3 is 6.18 Å². The SMILES string of the molecule is CS(=O)(=O)c1ncc(C(F)(F)F)c(-c2cc3cc([N+](=O)[O-])ccc3s2)n1. The van der Waals surface area contributed by atoms with Crippen LogP contribution in [0.4, 0.5) is 18.9 Å². The van der Waals surface area contributed by atoms with Crippen LogP contribution in [0.25, 0.3) is 20.7 Å². The molecule has 0 radical (unpaired) electrons. The van der Waals surface area contributed by atoms with E-state index in [1.54, 1.807) is 0 Å². The number of hydrogen-bond donors (Lipinski definition) is 0. The lowest BCUT2D eigenvalue weighted by Crippen LogP contribution is -2.13. The van der Waals surface area contributed by atoms with Gasteiger partial charge in [-0.05, 0) is 17.5 Å². The van der Waals surface area contributed by atoms with Crippen molar-refractivity contribution in [1.82, 2.24) is 9.97 Å². The van der Waals surface area contributed by atoms with Gasteiger partial charge in [-0.3, -0.25) is 10.1 Å². The first-order valence-corrected chi connectivity index (χ1v) is 9.50. The third kappa shape index (κ3) is 3.37. The fraction of sp³-hybridized carbons (Fsp3) is 0.143. The summed E-state index contributed by atoms with van der Waals surface area (Å²) in [6, 6.07) is 5.17. The molecule has 136 valence electrons. The minimum atomic E-state index is -4.80. The lowest BCUT2D eigenvalue weighted by Gasteiger charge is -2.11. The summed E-state index contributed by atoms with van der Waals surface area (Å²) >= 11 is 0.913. The monoisotopic (exact) mass is 403 g/mol. The van der Waals surface area contributed by atoms with Crippen molar-refractivity contribution in [3.63, 3.8) is 0 Å². The second-order valence-corrected chi connectivity index (χ2v) is 8.27. The molecule has 7 nitrogen and oxygen atoms in total. The van der Waals surface area contributed by atoms with Crippen molar-refractivity contribution < 1.29 is 26.5 Å². The van der Waals surface area contributed by atoms with E-state index < -0.39 is 37.4 Å². The Hall–Kier alpha value is -2.60. The van der Waals surface area contributed by atoms with Crippen LogP contribution in [0, 0.1) is 10.1 Å². The number of halogens is 3. The van der Waals surface area contributed by atoms with Crippen LogP contribution >= 0.6 is 11.3 Å². The van der Waals surface area contributed by atoms with Crippen molar-refractivity contribution >= 4 is 36.9 Å². The van der Waals surface area contributed by atoms with Crippen molar-refractivity contribution in [3.8, 4) is 10.6 Å². The highest BCUT2D eigenvalue weighted by Gasteiger charge is 2.36. The van der Waals surface area contributed by atoms with E-state index in [9.17, 15) is 31.7 Å². The van der Waals surface area contributed by atoms with Crippen molar-refractivity contribution in [2.45, 2.75) is 11.3 Å². The van der Waals surface area contributed by atoms with E-state index in [1.165, 1.54) is 24.3 Å². The minimum Gasteiger partial charge on any atom is -0.258 e. The number of alkyl halides is 3. The molecule has 0 atom stereocenters. The standard InChI is InChI=1S/C14H8F3N3O4S2/c1-26(23,24)13-18-6-9(14(15,16)17)12(19-13)11-5-7-4-8(20(21)22)2-3-10(7)25-11/h2-6H,1H3. The summed E-state index contributed by atoms with van der Waals surface area (Å²) in [6.07, 6.45) is -3.59. The normalized spacial score (nSPS) is 12.5. The van der Waals surface area contributed by atoms with Crippen LogP contribution in [-0.2, 0) is 16.0 Å². The predicted molar refractivity (Wildman–Crippen MR) is 87.6 cm³/mol. The number of nitro benzene ring substituents is 1. The van der Waals surface area contributed by atoms with E-state index in [0.717, 1.165) is 17.6 Å². The van der Waals surface area contributed by atoms with E-state index >= 15 is 0 Å². The van der Waals surface area contributed by atoms with Gasteiger partial charge in [-0.1, -0.05) is 0 Å². The van der Waals surface area contributed by atoms with Crippen molar-refractivity contribution in [2.75, 3.05) is 6.26 Å². The number of sulfone groups is 1. The smallest absolute Gasteiger partial charge is 0.258 e. The highest BCUT2D eigenvalue weighted by atomic mass is 32.2. The zero-order chi connectivity index (χ0) is 19.3. The van der Waals surface area contributed by atoms with E-state index in [4.69, 9.17) is 0 Å². The molecule has 0 saturated carbocycles. The number of benzene rings is 1. The maximum absolute atomic E-state index is 13.3. The molecule has 0 saturated heterocycles. The summed E-state index contributed by atoms with van der Waals surface area (Å²) in [6.45, 7) is 0. The van der Waals surface area contributed by atoms with Crippen molar-refractivity contribution in [3.05, 3.63) is 46.1 Å². The van der Waals surface area contributed by atoms with Gasteiger partial charge in [-0.2, -0.15) is 13.2 Å². The third-order valence-corrected chi connectivity index (χ3v) is 5.33. The average molecular weight is 403 g/mol. The van der Waals surface area contributed by atoms with Gasteiger partial charge in [0.1, 0.15) is 5.56 Å². The number of hydrogen-bond acceptors (Lipinski definition) is 7. The molecular weight excluding hydrogens is 395 g/mol. The van der Waals surface area contributed by atoms with Crippen molar-refractivity contribution in [2.24, 2.45) is 0 Å². The Morgan fingerprint density at radius 3 is 2.50 bits per heavy atom.